The lowest BCUT2D eigenvalue weighted by Crippen LogP contribution is -2.29. The van der Waals surface area contributed by atoms with Crippen molar-refractivity contribution in [3.8, 4) is 0 Å². The zero-order valence-corrected chi connectivity index (χ0v) is 11.6. The number of nitrogens with two attached hydrogens (primary N) is 1. The monoisotopic (exact) mass is 330 g/mol. The normalized spacial score (nSPS) is 12.1. The lowest BCUT2D eigenvalue weighted by Gasteiger charge is -2.10. The molecule has 0 bridgehead atoms. The molecule has 0 aliphatic carbocycles. The van der Waals surface area contributed by atoms with E-state index < -0.39 is 39.6 Å². The summed E-state index contributed by atoms with van der Waals surface area (Å²) in [5.41, 5.74) is 5.35. The summed E-state index contributed by atoms with van der Waals surface area (Å²) >= 11 is 0. The second kappa shape index (κ2) is 7.69. The summed E-state index contributed by atoms with van der Waals surface area (Å²) in [6, 6.07) is 1.70. The molecule has 0 spiro atoms. The maximum absolute atomic E-state index is 13.5. The third-order valence-corrected chi connectivity index (χ3v) is 3.82. The number of alkyl halides is 2. The molecule has 0 saturated heterocycles. The minimum atomic E-state index is -4.33. The van der Waals surface area contributed by atoms with Gasteiger partial charge < -0.3 is 10.5 Å². The molecule has 0 aromatic heterocycles. The van der Waals surface area contributed by atoms with Crippen LogP contribution in [0.15, 0.2) is 17.0 Å². The van der Waals surface area contributed by atoms with Crippen LogP contribution in [0.25, 0.3) is 0 Å². The average molecular weight is 330 g/mol. The van der Waals surface area contributed by atoms with Gasteiger partial charge >= 0.3 is 0 Å². The third kappa shape index (κ3) is 5.23. The lowest BCUT2D eigenvalue weighted by molar-refractivity contribution is 0.0199. The van der Waals surface area contributed by atoms with Gasteiger partial charge in [0.05, 0.1) is 6.61 Å². The van der Waals surface area contributed by atoms with Gasteiger partial charge in [0.25, 0.3) is 6.43 Å². The molecule has 10 heteroatoms. The van der Waals surface area contributed by atoms with Crippen molar-refractivity contribution in [1.82, 2.24) is 4.72 Å². The number of rotatable bonds is 8. The van der Waals surface area contributed by atoms with Crippen molar-refractivity contribution in [3.63, 3.8) is 0 Å². The van der Waals surface area contributed by atoms with Crippen molar-refractivity contribution in [3.05, 3.63) is 29.3 Å². The van der Waals surface area contributed by atoms with E-state index in [0.717, 1.165) is 12.1 Å². The van der Waals surface area contributed by atoms with Crippen molar-refractivity contribution in [2.24, 2.45) is 5.73 Å². The zero-order valence-electron chi connectivity index (χ0n) is 10.8. The summed E-state index contributed by atoms with van der Waals surface area (Å²) in [5, 5.41) is 0. The molecule has 3 N–H and O–H groups in total. The summed E-state index contributed by atoms with van der Waals surface area (Å²) in [6.45, 7) is -1.70. The lowest BCUT2D eigenvalue weighted by atomic mass is 10.2. The Kier molecular flexibility index (Phi) is 6.52. The molecule has 0 aliphatic heterocycles. The van der Waals surface area contributed by atoms with Crippen molar-refractivity contribution < 1.29 is 30.7 Å². The summed E-state index contributed by atoms with van der Waals surface area (Å²) in [4.78, 5) is -0.892. The maximum atomic E-state index is 13.5. The standard InChI is InChI=1S/C11H14F4N2O3S/c12-8-3-7(5-16)4-9(11(8)15)21(18,19)17-1-2-20-6-10(13)14/h3-4,10,17H,1-2,5-6,16H2. The van der Waals surface area contributed by atoms with E-state index in [0.29, 0.717) is 0 Å². The molecule has 21 heavy (non-hydrogen) atoms. The van der Waals surface area contributed by atoms with Crippen LogP contribution in [0.2, 0.25) is 0 Å². The molecule has 0 heterocycles. The van der Waals surface area contributed by atoms with Crippen LogP contribution in [0.5, 0.6) is 0 Å². The fraction of sp³-hybridized carbons (Fsp3) is 0.455. The van der Waals surface area contributed by atoms with E-state index in [4.69, 9.17) is 5.73 Å². The van der Waals surface area contributed by atoms with E-state index in [1.54, 1.807) is 0 Å². The van der Waals surface area contributed by atoms with Gasteiger partial charge in [0.2, 0.25) is 10.0 Å². The molecule has 0 fully saturated rings. The Morgan fingerprint density at radius 2 is 1.95 bits per heavy atom. The van der Waals surface area contributed by atoms with E-state index in [9.17, 15) is 26.0 Å². The SMILES string of the molecule is NCc1cc(F)c(F)c(S(=O)(=O)NCCOCC(F)F)c1. The van der Waals surface area contributed by atoms with Gasteiger partial charge in [-0.1, -0.05) is 0 Å². The molecule has 120 valence electrons. The van der Waals surface area contributed by atoms with Gasteiger partial charge in [0, 0.05) is 13.1 Å². The number of halogens is 4. The van der Waals surface area contributed by atoms with Crippen molar-refractivity contribution in [2.75, 3.05) is 19.8 Å². The third-order valence-electron chi connectivity index (χ3n) is 2.36. The van der Waals surface area contributed by atoms with Gasteiger partial charge in [-0.15, -0.1) is 0 Å². The van der Waals surface area contributed by atoms with E-state index in [1.165, 1.54) is 0 Å². The fourth-order valence-electron chi connectivity index (χ4n) is 1.43. The Bertz CT molecular complexity index is 581. The van der Waals surface area contributed by atoms with Crippen LogP contribution in [-0.4, -0.2) is 34.6 Å². The van der Waals surface area contributed by atoms with Crippen LogP contribution in [0.1, 0.15) is 5.56 Å². The molecule has 0 atom stereocenters. The second-order valence-corrected chi connectivity index (χ2v) is 5.69. The molecular weight excluding hydrogens is 316 g/mol. The van der Waals surface area contributed by atoms with Gasteiger partial charge in [-0.3, -0.25) is 0 Å². The second-order valence-electron chi connectivity index (χ2n) is 3.96. The minimum Gasteiger partial charge on any atom is -0.374 e. The Morgan fingerprint density at radius 1 is 1.29 bits per heavy atom. The highest BCUT2D eigenvalue weighted by atomic mass is 32.2. The van der Waals surface area contributed by atoms with Gasteiger partial charge in [0.15, 0.2) is 11.6 Å². The first-order chi connectivity index (χ1) is 9.77. The van der Waals surface area contributed by atoms with Gasteiger partial charge in [0.1, 0.15) is 11.5 Å². The zero-order chi connectivity index (χ0) is 16.0. The number of hydrogen-bond acceptors (Lipinski definition) is 4. The summed E-state index contributed by atoms with van der Waals surface area (Å²) in [7, 11) is -4.33. The number of nitrogens with one attached hydrogen (secondary N) is 1. The number of benzene rings is 1. The molecule has 0 saturated carbocycles. The first-order valence-electron chi connectivity index (χ1n) is 5.81. The van der Waals surface area contributed by atoms with Gasteiger partial charge in [-0.05, 0) is 17.7 Å². The molecular formula is C11H14F4N2O3S. The van der Waals surface area contributed by atoms with Crippen LogP contribution >= 0.6 is 0 Å². The molecule has 0 radical (unpaired) electrons. The van der Waals surface area contributed by atoms with Crippen molar-refractivity contribution >= 4 is 10.0 Å². The molecule has 1 aromatic carbocycles. The van der Waals surface area contributed by atoms with E-state index >= 15 is 0 Å². The largest absolute Gasteiger partial charge is 0.374 e. The van der Waals surface area contributed by atoms with Crippen molar-refractivity contribution in [1.29, 1.82) is 0 Å². The van der Waals surface area contributed by atoms with Gasteiger partial charge in [-0.25, -0.2) is 30.7 Å². The predicted molar refractivity (Wildman–Crippen MR) is 66.3 cm³/mol. The Morgan fingerprint density at radius 3 is 2.52 bits per heavy atom. The summed E-state index contributed by atoms with van der Waals surface area (Å²) in [5.74, 6) is -2.87. The summed E-state index contributed by atoms with van der Waals surface area (Å²) < 4.78 is 80.3. The quantitative estimate of drug-likeness (QED) is 0.550. The Balaban J connectivity index is 2.76. The van der Waals surface area contributed by atoms with E-state index in [2.05, 4.69) is 4.74 Å². The smallest absolute Gasteiger partial charge is 0.261 e. The number of sulfonamides is 1. The van der Waals surface area contributed by atoms with Crippen LogP contribution in [0.4, 0.5) is 17.6 Å². The molecule has 0 unspecified atom stereocenters. The van der Waals surface area contributed by atoms with Crippen molar-refractivity contribution in [2.45, 2.75) is 17.9 Å². The topological polar surface area (TPSA) is 81.4 Å². The molecule has 1 rings (SSSR count). The molecule has 0 amide bonds. The minimum absolute atomic E-state index is 0.100. The first-order valence-corrected chi connectivity index (χ1v) is 7.29. The highest BCUT2D eigenvalue weighted by Crippen LogP contribution is 2.19. The molecule has 0 aliphatic rings. The van der Waals surface area contributed by atoms with E-state index in [1.807, 2.05) is 4.72 Å². The van der Waals surface area contributed by atoms with Crippen LogP contribution in [0.3, 0.4) is 0 Å². The Hall–Kier alpha value is -1.23. The van der Waals surface area contributed by atoms with Crippen LogP contribution < -0.4 is 10.5 Å². The van der Waals surface area contributed by atoms with Gasteiger partial charge in [-0.2, -0.15) is 0 Å². The maximum Gasteiger partial charge on any atom is 0.261 e. The predicted octanol–water partition coefficient (Wildman–Crippen LogP) is 0.983. The summed E-state index contributed by atoms with van der Waals surface area (Å²) in [6.07, 6.45) is -2.67. The average Bonchev–Trinajstić information content (AvgIpc) is 2.40. The number of ether oxygens (including phenoxy) is 1. The highest BCUT2D eigenvalue weighted by molar-refractivity contribution is 7.89. The Labute approximate surface area is 119 Å². The van der Waals surface area contributed by atoms with E-state index in [-0.39, 0.29) is 25.3 Å². The molecule has 1 aromatic rings. The number of hydrogen-bond donors (Lipinski definition) is 2. The first kappa shape index (κ1) is 17.8. The fourth-order valence-corrected chi connectivity index (χ4v) is 2.58. The highest BCUT2D eigenvalue weighted by Gasteiger charge is 2.22. The van der Waals surface area contributed by atoms with Crippen LogP contribution in [0, 0.1) is 11.6 Å². The van der Waals surface area contributed by atoms with Crippen LogP contribution in [-0.2, 0) is 21.3 Å². The molecule has 5 nitrogen and oxygen atoms in total.